The largest absolute Gasteiger partial charge is 0.415 e. The predicted molar refractivity (Wildman–Crippen MR) is 51.4 cm³/mol. The second kappa shape index (κ2) is 4.52. The minimum Gasteiger partial charge on any atom is -0.415 e. The maximum absolute atomic E-state index is 10.9. The van der Waals surface area contributed by atoms with Crippen molar-refractivity contribution in [2.75, 3.05) is 0 Å². The van der Waals surface area contributed by atoms with Gasteiger partial charge in [-0.3, -0.25) is 14.9 Å². The highest BCUT2D eigenvalue weighted by atomic mass is 32.1. The number of carbonyl (C=O) groups excluding carboxylic acids is 1. The second-order valence-electron chi connectivity index (χ2n) is 2.32. The molecule has 0 atom stereocenters. The normalized spacial score (nSPS) is 9.43. The van der Waals surface area contributed by atoms with Gasteiger partial charge >= 0.3 is 11.0 Å². The van der Waals surface area contributed by atoms with E-state index >= 15 is 0 Å². The lowest BCUT2D eigenvalue weighted by Crippen LogP contribution is -2.04. The molecule has 1 aromatic rings. The van der Waals surface area contributed by atoms with Crippen LogP contribution in [0.5, 0.6) is 5.06 Å². The zero-order valence-electron chi connectivity index (χ0n) is 7.13. The van der Waals surface area contributed by atoms with E-state index in [9.17, 15) is 14.9 Å². The van der Waals surface area contributed by atoms with Crippen LogP contribution in [0, 0.1) is 10.1 Å². The highest BCUT2D eigenvalue weighted by molar-refractivity contribution is 7.17. The van der Waals surface area contributed by atoms with E-state index in [-0.39, 0.29) is 16.5 Å². The lowest BCUT2D eigenvalue weighted by molar-refractivity contribution is -0.380. The Labute approximate surface area is 83.8 Å². The van der Waals surface area contributed by atoms with E-state index in [0.29, 0.717) is 0 Å². The Bertz CT molecular complexity index is 371. The molecule has 0 spiro atoms. The number of nitrogens with zero attached hydrogens (tertiary/aromatic N) is 1. The van der Waals surface area contributed by atoms with Gasteiger partial charge in [-0.1, -0.05) is 6.08 Å². The maximum Gasteiger partial charge on any atom is 0.327 e. The Morgan fingerprint density at radius 2 is 2.43 bits per heavy atom. The van der Waals surface area contributed by atoms with Crippen LogP contribution in [0.2, 0.25) is 0 Å². The van der Waals surface area contributed by atoms with E-state index in [1.165, 1.54) is 18.2 Å². The zero-order chi connectivity index (χ0) is 10.6. The Balaban J connectivity index is 2.64. The summed E-state index contributed by atoms with van der Waals surface area (Å²) in [6, 6.07) is 2.69. The molecule has 74 valence electrons. The van der Waals surface area contributed by atoms with Gasteiger partial charge in [0, 0.05) is 6.07 Å². The molecular weight excluding hydrogens is 206 g/mol. The second-order valence-corrected chi connectivity index (χ2v) is 3.34. The van der Waals surface area contributed by atoms with Gasteiger partial charge in [0.05, 0.1) is 11.3 Å². The van der Waals surface area contributed by atoms with Crippen molar-refractivity contribution in [3.8, 4) is 5.06 Å². The van der Waals surface area contributed by atoms with Crippen molar-refractivity contribution >= 4 is 22.3 Å². The fourth-order valence-electron chi connectivity index (χ4n) is 0.735. The number of rotatable bonds is 4. The molecule has 1 rings (SSSR count). The van der Waals surface area contributed by atoms with Crippen molar-refractivity contribution in [2.24, 2.45) is 0 Å². The summed E-state index contributed by atoms with van der Waals surface area (Å²) in [7, 11) is 0. The number of thiophene rings is 1. The van der Waals surface area contributed by atoms with Crippen molar-refractivity contribution in [3.05, 3.63) is 34.9 Å². The molecule has 0 aliphatic carbocycles. The van der Waals surface area contributed by atoms with Gasteiger partial charge in [0.2, 0.25) is 0 Å². The lowest BCUT2D eigenvalue weighted by Gasteiger charge is -1.95. The minimum atomic E-state index is -0.532. The molecule has 5 nitrogen and oxygen atoms in total. The number of nitro groups is 1. The number of ether oxygens (including phenoxy) is 1. The smallest absolute Gasteiger partial charge is 0.327 e. The summed E-state index contributed by atoms with van der Waals surface area (Å²) in [5.41, 5.74) is 0. The summed E-state index contributed by atoms with van der Waals surface area (Å²) in [6.07, 6.45) is 1.50. The fourth-order valence-corrected chi connectivity index (χ4v) is 1.42. The van der Waals surface area contributed by atoms with Gasteiger partial charge < -0.3 is 4.74 Å². The molecule has 0 radical (unpaired) electrons. The molecule has 0 unspecified atom stereocenters. The molecule has 1 heterocycles. The van der Waals surface area contributed by atoms with E-state index in [4.69, 9.17) is 4.74 Å². The van der Waals surface area contributed by atoms with Crippen molar-refractivity contribution in [1.82, 2.24) is 0 Å². The van der Waals surface area contributed by atoms with Gasteiger partial charge in [0.15, 0.2) is 5.06 Å². The van der Waals surface area contributed by atoms with Gasteiger partial charge in [-0.25, -0.2) is 0 Å². The van der Waals surface area contributed by atoms with Gasteiger partial charge in [-0.2, -0.15) is 0 Å². The molecule has 0 amide bonds. The van der Waals surface area contributed by atoms with E-state index in [2.05, 4.69) is 6.58 Å². The topological polar surface area (TPSA) is 69.4 Å². The molecule has 0 N–H and O–H groups in total. The van der Waals surface area contributed by atoms with Crippen molar-refractivity contribution in [1.29, 1.82) is 0 Å². The highest BCUT2D eigenvalue weighted by Crippen LogP contribution is 2.30. The van der Waals surface area contributed by atoms with E-state index in [1.807, 2.05) is 0 Å². The van der Waals surface area contributed by atoms with Gasteiger partial charge in [-0.05, 0) is 17.4 Å². The third kappa shape index (κ3) is 2.67. The Morgan fingerprint density at radius 3 is 2.93 bits per heavy atom. The monoisotopic (exact) mass is 213 g/mol. The first-order valence-electron chi connectivity index (χ1n) is 3.69. The quantitative estimate of drug-likeness (QED) is 0.332. The summed E-state index contributed by atoms with van der Waals surface area (Å²) >= 11 is 0.819. The number of carbonyl (C=O) groups is 1. The molecule has 0 saturated heterocycles. The third-order valence-corrected chi connectivity index (χ3v) is 2.19. The first-order chi connectivity index (χ1) is 6.63. The van der Waals surface area contributed by atoms with Crippen LogP contribution < -0.4 is 4.74 Å². The van der Waals surface area contributed by atoms with Crippen LogP contribution in [-0.4, -0.2) is 10.9 Å². The zero-order valence-corrected chi connectivity index (χ0v) is 7.95. The molecular formula is C8H7NO4S. The highest BCUT2D eigenvalue weighted by Gasteiger charge is 2.12. The summed E-state index contributed by atoms with van der Waals surface area (Å²) in [6.45, 7) is 3.37. The number of hydrogen-bond donors (Lipinski definition) is 0. The average molecular weight is 213 g/mol. The first-order valence-corrected chi connectivity index (χ1v) is 4.51. The van der Waals surface area contributed by atoms with Crippen LogP contribution in [0.3, 0.4) is 0 Å². The SMILES string of the molecule is C=CCC(=O)Oc1ccc([N+](=O)[O-])s1. The fraction of sp³-hybridized carbons (Fsp3) is 0.125. The Morgan fingerprint density at radius 1 is 1.71 bits per heavy atom. The Hall–Kier alpha value is -1.69. The van der Waals surface area contributed by atoms with Gasteiger partial charge in [0.1, 0.15) is 0 Å². The van der Waals surface area contributed by atoms with Crippen LogP contribution in [0.25, 0.3) is 0 Å². The number of hydrogen-bond acceptors (Lipinski definition) is 5. The van der Waals surface area contributed by atoms with Crippen LogP contribution in [0.4, 0.5) is 5.00 Å². The minimum absolute atomic E-state index is 0.0496. The molecule has 6 heteroatoms. The standard InChI is InChI=1S/C8H7NO4S/c1-2-3-7(10)13-8-5-4-6(14-8)9(11)12/h2,4-5H,1,3H2. The third-order valence-electron chi connectivity index (χ3n) is 1.27. The predicted octanol–water partition coefficient (Wildman–Crippen LogP) is 2.14. The van der Waals surface area contributed by atoms with Crippen molar-refractivity contribution < 1.29 is 14.5 Å². The average Bonchev–Trinajstić information content (AvgIpc) is 2.53. The van der Waals surface area contributed by atoms with Gasteiger partial charge in [-0.15, -0.1) is 6.58 Å². The molecule has 1 aromatic heterocycles. The van der Waals surface area contributed by atoms with Crippen LogP contribution >= 0.6 is 11.3 Å². The molecule has 0 aliphatic rings. The van der Waals surface area contributed by atoms with Crippen molar-refractivity contribution in [3.63, 3.8) is 0 Å². The van der Waals surface area contributed by atoms with Gasteiger partial charge in [0.25, 0.3) is 0 Å². The van der Waals surface area contributed by atoms with Crippen LogP contribution in [-0.2, 0) is 4.79 Å². The molecule has 0 saturated carbocycles. The number of esters is 1. The lowest BCUT2D eigenvalue weighted by atomic mass is 10.4. The van der Waals surface area contributed by atoms with E-state index in [0.717, 1.165) is 11.3 Å². The van der Waals surface area contributed by atoms with Crippen molar-refractivity contribution in [2.45, 2.75) is 6.42 Å². The maximum atomic E-state index is 10.9. The Kier molecular flexibility index (Phi) is 3.35. The van der Waals surface area contributed by atoms with Crippen LogP contribution in [0.15, 0.2) is 24.8 Å². The molecule has 0 fully saturated rings. The molecule has 0 aliphatic heterocycles. The molecule has 0 bridgehead atoms. The summed E-state index contributed by atoms with van der Waals surface area (Å²) in [5.74, 6) is -0.475. The van der Waals surface area contributed by atoms with Crippen LogP contribution in [0.1, 0.15) is 6.42 Å². The van der Waals surface area contributed by atoms with E-state index in [1.54, 1.807) is 0 Å². The van der Waals surface area contributed by atoms with E-state index < -0.39 is 10.9 Å². The summed E-state index contributed by atoms with van der Waals surface area (Å²) in [5, 5.41) is 10.5. The molecule has 14 heavy (non-hydrogen) atoms. The first kappa shape index (κ1) is 10.4. The summed E-state index contributed by atoms with van der Waals surface area (Å²) < 4.78 is 4.79. The molecule has 0 aromatic carbocycles. The summed E-state index contributed by atoms with van der Waals surface area (Å²) in [4.78, 5) is 20.7.